The molecule has 0 aliphatic rings. The second-order valence-electron chi connectivity index (χ2n) is 5.87. The molecule has 0 amide bonds. The average Bonchev–Trinajstić information content (AvgIpc) is 2.67. The molecule has 0 radical (unpaired) electrons. The summed E-state index contributed by atoms with van der Waals surface area (Å²) < 4.78 is 5.77. The van der Waals surface area contributed by atoms with Gasteiger partial charge in [0.05, 0.1) is 21.7 Å². The Morgan fingerprint density at radius 1 is 0.893 bits per heavy atom. The molecular weight excluding hydrogens is 436 g/mol. The molecule has 0 N–H and O–H groups in total. The van der Waals surface area contributed by atoms with Crippen molar-refractivity contribution in [3.05, 3.63) is 97.4 Å². The van der Waals surface area contributed by atoms with Crippen molar-refractivity contribution in [2.24, 2.45) is 0 Å². The molecule has 0 aliphatic carbocycles. The van der Waals surface area contributed by atoms with Gasteiger partial charge in [0.2, 0.25) is 0 Å². The number of allylic oxidation sites excluding steroid dienone is 1. The van der Waals surface area contributed by atoms with Crippen LogP contribution in [0.1, 0.15) is 16.7 Å². The van der Waals surface area contributed by atoms with Gasteiger partial charge in [-0.2, -0.15) is 5.26 Å². The Kier molecular flexibility index (Phi) is 6.88. The molecular formula is C22H13Cl4NO. The molecule has 0 fully saturated rings. The van der Waals surface area contributed by atoms with E-state index in [-0.39, 0.29) is 6.61 Å². The van der Waals surface area contributed by atoms with E-state index in [1.54, 1.807) is 36.4 Å². The van der Waals surface area contributed by atoms with Gasteiger partial charge in [0.25, 0.3) is 0 Å². The average molecular weight is 449 g/mol. The van der Waals surface area contributed by atoms with Crippen LogP contribution in [0.4, 0.5) is 0 Å². The summed E-state index contributed by atoms with van der Waals surface area (Å²) in [5.41, 5.74) is 2.79. The lowest BCUT2D eigenvalue weighted by molar-refractivity contribution is 0.306. The van der Waals surface area contributed by atoms with E-state index in [0.29, 0.717) is 37.0 Å². The Balaban J connectivity index is 1.85. The SMILES string of the molecule is N#C/C(=C\c1cc(Cl)c(OCc2ccc(Cl)cc2Cl)c(Cl)c1)c1ccccc1. The van der Waals surface area contributed by atoms with E-state index in [1.165, 1.54) is 0 Å². The van der Waals surface area contributed by atoms with Crippen LogP contribution in [0, 0.1) is 11.3 Å². The standard InChI is InChI=1S/C22H13Cl4NO/c23-18-7-6-16(19(24)11-18)13-28-22-20(25)9-14(10-21(22)26)8-17(12-27)15-4-2-1-3-5-15/h1-11H,13H2/b17-8+. The largest absolute Gasteiger partial charge is 0.486 e. The van der Waals surface area contributed by atoms with Crippen LogP contribution in [-0.2, 0) is 6.61 Å². The van der Waals surface area contributed by atoms with Gasteiger partial charge in [-0.15, -0.1) is 0 Å². The molecule has 0 unspecified atom stereocenters. The number of halogens is 4. The van der Waals surface area contributed by atoms with Crippen LogP contribution in [-0.4, -0.2) is 0 Å². The van der Waals surface area contributed by atoms with Gasteiger partial charge in [-0.3, -0.25) is 0 Å². The van der Waals surface area contributed by atoms with Crippen LogP contribution in [0.2, 0.25) is 20.1 Å². The first-order valence-corrected chi connectivity index (χ1v) is 9.72. The second kappa shape index (κ2) is 9.37. The van der Waals surface area contributed by atoms with Gasteiger partial charge in [-0.05, 0) is 41.5 Å². The molecule has 0 bridgehead atoms. The molecule has 0 atom stereocenters. The molecule has 0 aliphatic heterocycles. The topological polar surface area (TPSA) is 33.0 Å². The van der Waals surface area contributed by atoms with Gasteiger partial charge in [0.1, 0.15) is 6.61 Å². The quantitative estimate of drug-likeness (QED) is 0.293. The van der Waals surface area contributed by atoms with E-state index in [2.05, 4.69) is 6.07 Å². The highest BCUT2D eigenvalue weighted by Crippen LogP contribution is 2.36. The van der Waals surface area contributed by atoms with E-state index in [1.807, 2.05) is 30.3 Å². The van der Waals surface area contributed by atoms with Crippen molar-refractivity contribution in [1.82, 2.24) is 0 Å². The van der Waals surface area contributed by atoms with Gasteiger partial charge in [-0.25, -0.2) is 0 Å². The lowest BCUT2D eigenvalue weighted by atomic mass is 10.0. The van der Waals surface area contributed by atoms with Gasteiger partial charge in [-0.1, -0.05) is 82.8 Å². The zero-order chi connectivity index (χ0) is 20.1. The maximum absolute atomic E-state index is 9.46. The summed E-state index contributed by atoms with van der Waals surface area (Å²) in [6, 6.07) is 20.1. The number of hydrogen-bond acceptors (Lipinski definition) is 2. The lowest BCUT2D eigenvalue weighted by Crippen LogP contribution is -1.98. The maximum atomic E-state index is 9.46. The minimum atomic E-state index is 0.193. The predicted molar refractivity (Wildman–Crippen MR) is 117 cm³/mol. The summed E-state index contributed by atoms with van der Waals surface area (Å²) in [5, 5.41) is 11.2. The lowest BCUT2D eigenvalue weighted by Gasteiger charge is -2.12. The van der Waals surface area contributed by atoms with Crippen LogP contribution in [0.15, 0.2) is 60.7 Å². The van der Waals surface area contributed by atoms with E-state index >= 15 is 0 Å². The van der Waals surface area contributed by atoms with E-state index in [9.17, 15) is 5.26 Å². The van der Waals surface area contributed by atoms with Gasteiger partial charge >= 0.3 is 0 Å². The molecule has 3 aromatic carbocycles. The smallest absolute Gasteiger partial charge is 0.157 e. The molecule has 2 nitrogen and oxygen atoms in total. The minimum Gasteiger partial charge on any atom is -0.486 e. The van der Waals surface area contributed by atoms with Crippen molar-refractivity contribution >= 4 is 58.1 Å². The zero-order valence-electron chi connectivity index (χ0n) is 14.4. The fourth-order valence-electron chi connectivity index (χ4n) is 2.55. The molecule has 0 heterocycles. The number of nitriles is 1. The molecule has 6 heteroatoms. The fourth-order valence-corrected chi connectivity index (χ4v) is 3.63. The Labute approximate surface area is 183 Å². The molecule has 3 aromatic rings. The highest BCUT2D eigenvalue weighted by Gasteiger charge is 2.12. The maximum Gasteiger partial charge on any atom is 0.157 e. The third-order valence-corrected chi connectivity index (χ3v) is 5.07. The van der Waals surface area contributed by atoms with Crippen molar-refractivity contribution in [3.8, 4) is 11.8 Å². The Morgan fingerprint density at radius 2 is 1.57 bits per heavy atom. The van der Waals surface area contributed by atoms with Crippen molar-refractivity contribution in [2.45, 2.75) is 6.61 Å². The van der Waals surface area contributed by atoms with Crippen molar-refractivity contribution < 1.29 is 4.74 Å². The fraction of sp³-hybridized carbons (Fsp3) is 0.0455. The van der Waals surface area contributed by atoms with Crippen LogP contribution < -0.4 is 4.74 Å². The van der Waals surface area contributed by atoms with Crippen molar-refractivity contribution in [2.75, 3.05) is 0 Å². The molecule has 0 saturated heterocycles. The van der Waals surface area contributed by atoms with Gasteiger partial charge in [0, 0.05) is 15.6 Å². The number of ether oxygens (including phenoxy) is 1. The van der Waals surface area contributed by atoms with Crippen molar-refractivity contribution in [3.63, 3.8) is 0 Å². The molecule has 0 saturated carbocycles. The summed E-state index contributed by atoms with van der Waals surface area (Å²) in [4.78, 5) is 0. The summed E-state index contributed by atoms with van der Waals surface area (Å²) in [7, 11) is 0. The third-order valence-electron chi connectivity index (χ3n) is 3.92. The predicted octanol–water partition coefficient (Wildman–Crippen LogP) is 7.94. The molecule has 3 rings (SSSR count). The first-order valence-electron chi connectivity index (χ1n) is 8.21. The summed E-state index contributed by atoms with van der Waals surface area (Å²) in [5.74, 6) is 0.352. The number of rotatable bonds is 5. The monoisotopic (exact) mass is 447 g/mol. The number of nitrogens with zero attached hydrogens (tertiary/aromatic N) is 1. The van der Waals surface area contributed by atoms with Gasteiger partial charge < -0.3 is 4.74 Å². The highest BCUT2D eigenvalue weighted by molar-refractivity contribution is 6.37. The highest BCUT2D eigenvalue weighted by atomic mass is 35.5. The molecule has 0 aromatic heterocycles. The third kappa shape index (κ3) is 5.01. The first-order chi connectivity index (χ1) is 13.5. The van der Waals surface area contributed by atoms with E-state index in [4.69, 9.17) is 51.1 Å². The second-order valence-corrected chi connectivity index (χ2v) is 7.53. The molecule has 0 spiro atoms. The van der Waals surface area contributed by atoms with Crippen LogP contribution in [0.3, 0.4) is 0 Å². The first kappa shape index (κ1) is 20.6. The van der Waals surface area contributed by atoms with Crippen LogP contribution in [0.5, 0.6) is 5.75 Å². The van der Waals surface area contributed by atoms with Crippen LogP contribution in [0.25, 0.3) is 11.6 Å². The Bertz CT molecular complexity index is 1050. The Morgan fingerprint density at radius 3 is 2.18 bits per heavy atom. The van der Waals surface area contributed by atoms with Gasteiger partial charge in [0.15, 0.2) is 5.75 Å². The van der Waals surface area contributed by atoms with Crippen LogP contribution >= 0.6 is 46.4 Å². The Hall–Kier alpha value is -2.15. The number of benzene rings is 3. The summed E-state index contributed by atoms with van der Waals surface area (Å²) in [6.07, 6.45) is 1.73. The van der Waals surface area contributed by atoms with E-state index < -0.39 is 0 Å². The van der Waals surface area contributed by atoms with Crippen molar-refractivity contribution in [1.29, 1.82) is 5.26 Å². The normalized spacial score (nSPS) is 11.2. The summed E-state index contributed by atoms with van der Waals surface area (Å²) >= 11 is 24.8. The summed E-state index contributed by atoms with van der Waals surface area (Å²) in [6.45, 7) is 0.193. The zero-order valence-corrected chi connectivity index (χ0v) is 17.4. The molecule has 28 heavy (non-hydrogen) atoms. The van der Waals surface area contributed by atoms with E-state index in [0.717, 1.165) is 11.1 Å². The number of hydrogen-bond donors (Lipinski definition) is 0. The minimum absolute atomic E-state index is 0.193. The molecule has 140 valence electrons.